The van der Waals surface area contributed by atoms with E-state index in [0.717, 1.165) is 16.9 Å². The monoisotopic (exact) mass is 667 g/mol. The number of carbonyl (C=O) groups is 1. The number of anilines is 1. The third-order valence-electron chi connectivity index (χ3n) is 7.34. The van der Waals surface area contributed by atoms with Crippen LogP contribution in [0.15, 0.2) is 36.4 Å². The molecule has 0 aliphatic carbocycles. The quantitative estimate of drug-likeness (QED) is 0.149. The number of benzene rings is 2. The molecule has 0 spiro atoms. The summed E-state index contributed by atoms with van der Waals surface area (Å²) in [5.41, 5.74) is 1.31. The van der Waals surface area contributed by atoms with Gasteiger partial charge in [0.15, 0.2) is 0 Å². The lowest BCUT2D eigenvalue weighted by molar-refractivity contribution is -0.143. The standard InChI is InChI=1S/C29H34F9N7O/c1-4-24(43(2)11-7-5-6-8-25(39)46)23-10-9-20(27(30,31)32)14-19(23)17-45(26-40-42-44(3)41-26)16-18-12-21(28(33,34)35)15-22(13-18)29(36,37)38/h9-10,12-15,24H,4-8,11,16-17H2,1-3H3,(H2,39,46). The van der Waals surface area contributed by atoms with Crippen molar-refractivity contribution in [3.63, 3.8) is 0 Å². The first-order chi connectivity index (χ1) is 21.3. The molecule has 8 nitrogen and oxygen atoms in total. The molecule has 17 heteroatoms. The maximum atomic E-state index is 13.9. The molecule has 3 aromatic rings. The summed E-state index contributed by atoms with van der Waals surface area (Å²) in [7, 11) is 3.16. The van der Waals surface area contributed by atoms with E-state index in [1.807, 2.05) is 11.8 Å². The van der Waals surface area contributed by atoms with Gasteiger partial charge in [0.1, 0.15) is 0 Å². The lowest BCUT2D eigenvalue weighted by Crippen LogP contribution is -2.29. The van der Waals surface area contributed by atoms with Crippen LogP contribution in [-0.4, -0.2) is 44.6 Å². The summed E-state index contributed by atoms with van der Waals surface area (Å²) in [5.74, 6) is -0.635. The van der Waals surface area contributed by atoms with Crippen molar-refractivity contribution in [2.24, 2.45) is 12.8 Å². The number of nitrogens with zero attached hydrogens (tertiary/aromatic N) is 6. The highest BCUT2D eigenvalue weighted by Gasteiger charge is 2.37. The third kappa shape index (κ3) is 10.1. The van der Waals surface area contributed by atoms with Crippen LogP contribution in [0.4, 0.5) is 45.5 Å². The molecule has 1 atom stereocenters. The first-order valence-electron chi connectivity index (χ1n) is 14.3. The lowest BCUT2D eigenvalue weighted by atomic mass is 9.94. The number of aryl methyl sites for hydroxylation is 1. The van der Waals surface area contributed by atoms with Crippen LogP contribution in [0.5, 0.6) is 0 Å². The van der Waals surface area contributed by atoms with Crippen LogP contribution in [-0.2, 0) is 43.5 Å². The van der Waals surface area contributed by atoms with E-state index in [9.17, 15) is 44.3 Å². The van der Waals surface area contributed by atoms with E-state index in [0.29, 0.717) is 49.9 Å². The lowest BCUT2D eigenvalue weighted by Gasteiger charge is -2.31. The summed E-state index contributed by atoms with van der Waals surface area (Å²) >= 11 is 0. The maximum Gasteiger partial charge on any atom is 0.416 e. The number of halogens is 9. The summed E-state index contributed by atoms with van der Waals surface area (Å²) in [5, 5.41) is 11.6. The van der Waals surface area contributed by atoms with E-state index < -0.39 is 65.8 Å². The summed E-state index contributed by atoms with van der Waals surface area (Å²) in [6.07, 6.45) is -12.3. The van der Waals surface area contributed by atoms with Crippen LogP contribution in [0.1, 0.15) is 78.5 Å². The van der Waals surface area contributed by atoms with Gasteiger partial charge < -0.3 is 10.6 Å². The summed E-state index contributed by atoms with van der Waals surface area (Å²) in [6, 6.07) is 3.85. The van der Waals surface area contributed by atoms with Crippen molar-refractivity contribution < 1.29 is 44.3 Å². The van der Waals surface area contributed by atoms with Crippen molar-refractivity contribution in [2.75, 3.05) is 18.5 Å². The summed E-state index contributed by atoms with van der Waals surface area (Å²) in [6.45, 7) is 1.35. The second-order valence-electron chi connectivity index (χ2n) is 10.9. The van der Waals surface area contributed by atoms with E-state index in [4.69, 9.17) is 5.73 Å². The van der Waals surface area contributed by atoms with Gasteiger partial charge in [-0.3, -0.25) is 9.69 Å². The molecule has 1 amide bonds. The van der Waals surface area contributed by atoms with Gasteiger partial charge in [0.2, 0.25) is 5.91 Å². The molecule has 1 unspecified atom stereocenters. The minimum Gasteiger partial charge on any atom is -0.370 e. The summed E-state index contributed by atoms with van der Waals surface area (Å²) in [4.78, 5) is 15.1. The van der Waals surface area contributed by atoms with Crippen molar-refractivity contribution in [2.45, 2.75) is 76.7 Å². The number of tetrazole rings is 1. The third-order valence-corrected chi connectivity index (χ3v) is 7.34. The molecular weight excluding hydrogens is 633 g/mol. The Kier molecular flexibility index (Phi) is 11.7. The second kappa shape index (κ2) is 14.7. The van der Waals surface area contributed by atoms with E-state index in [1.165, 1.54) is 18.0 Å². The van der Waals surface area contributed by atoms with Gasteiger partial charge in [-0.05, 0) is 85.1 Å². The first-order valence-corrected chi connectivity index (χ1v) is 14.3. The van der Waals surface area contributed by atoms with Crippen molar-refractivity contribution >= 4 is 11.9 Å². The molecule has 0 aliphatic rings. The SMILES string of the molecule is CCC(c1ccc(C(F)(F)F)cc1CN(Cc1cc(C(F)(F)F)cc(C(F)(F)F)c1)c1nnn(C)n1)N(C)CCCCCC(N)=O. The van der Waals surface area contributed by atoms with Gasteiger partial charge in [-0.2, -0.15) is 44.3 Å². The van der Waals surface area contributed by atoms with Crippen LogP contribution in [0, 0.1) is 0 Å². The fourth-order valence-corrected chi connectivity index (χ4v) is 5.14. The van der Waals surface area contributed by atoms with Gasteiger partial charge in [-0.1, -0.05) is 24.5 Å². The molecule has 0 saturated heterocycles. The van der Waals surface area contributed by atoms with Crippen molar-refractivity contribution in [3.05, 3.63) is 69.8 Å². The minimum absolute atomic E-state index is 0.00506. The number of rotatable bonds is 14. The van der Waals surface area contributed by atoms with Crippen LogP contribution in [0.2, 0.25) is 0 Å². The van der Waals surface area contributed by atoms with Crippen LogP contribution in [0.3, 0.4) is 0 Å². The smallest absolute Gasteiger partial charge is 0.370 e. The van der Waals surface area contributed by atoms with Gasteiger partial charge >= 0.3 is 18.5 Å². The highest BCUT2D eigenvalue weighted by atomic mass is 19.4. The molecule has 254 valence electrons. The van der Waals surface area contributed by atoms with Gasteiger partial charge in [-0.15, -0.1) is 5.10 Å². The molecule has 0 aliphatic heterocycles. The maximum absolute atomic E-state index is 13.9. The molecule has 2 aromatic carbocycles. The largest absolute Gasteiger partial charge is 0.416 e. The number of aromatic nitrogens is 4. The van der Waals surface area contributed by atoms with Gasteiger partial charge in [-0.25, -0.2) is 0 Å². The van der Waals surface area contributed by atoms with E-state index in [-0.39, 0.29) is 24.0 Å². The Labute approximate surface area is 259 Å². The fraction of sp³-hybridized carbons (Fsp3) is 0.517. The van der Waals surface area contributed by atoms with Crippen LogP contribution < -0.4 is 10.6 Å². The number of amides is 1. The Bertz CT molecular complexity index is 1440. The molecular formula is C29H34F9N7O. The highest BCUT2D eigenvalue weighted by molar-refractivity contribution is 5.73. The summed E-state index contributed by atoms with van der Waals surface area (Å²) < 4.78 is 123. The van der Waals surface area contributed by atoms with Crippen molar-refractivity contribution in [1.29, 1.82) is 0 Å². The predicted octanol–water partition coefficient (Wildman–Crippen LogP) is 6.90. The predicted molar refractivity (Wildman–Crippen MR) is 150 cm³/mol. The van der Waals surface area contributed by atoms with E-state index >= 15 is 0 Å². The zero-order chi connectivity index (χ0) is 34.4. The molecule has 0 fully saturated rings. The molecule has 3 rings (SSSR count). The normalized spacial score (nSPS) is 13.3. The molecule has 46 heavy (non-hydrogen) atoms. The van der Waals surface area contributed by atoms with Gasteiger partial charge in [0.05, 0.1) is 23.7 Å². The van der Waals surface area contributed by atoms with E-state index in [2.05, 4.69) is 15.4 Å². The van der Waals surface area contributed by atoms with Crippen molar-refractivity contribution in [1.82, 2.24) is 25.1 Å². The average molecular weight is 668 g/mol. The zero-order valence-electron chi connectivity index (χ0n) is 25.3. The van der Waals surface area contributed by atoms with Crippen LogP contribution >= 0.6 is 0 Å². The number of hydrogen-bond donors (Lipinski definition) is 1. The van der Waals surface area contributed by atoms with Crippen LogP contribution in [0.25, 0.3) is 0 Å². The number of hydrogen-bond acceptors (Lipinski definition) is 6. The molecule has 1 heterocycles. The second-order valence-corrected chi connectivity index (χ2v) is 10.9. The highest BCUT2D eigenvalue weighted by Crippen LogP contribution is 2.38. The zero-order valence-corrected chi connectivity index (χ0v) is 25.3. The van der Waals surface area contributed by atoms with Gasteiger partial charge in [0.25, 0.3) is 5.95 Å². The Morgan fingerprint density at radius 2 is 1.48 bits per heavy atom. The molecule has 0 radical (unpaired) electrons. The Balaban J connectivity index is 2.06. The number of carbonyl (C=O) groups excluding carboxylic acids is 1. The average Bonchev–Trinajstić information content (AvgIpc) is 3.38. The Hall–Kier alpha value is -3.89. The molecule has 2 N–H and O–H groups in total. The fourth-order valence-electron chi connectivity index (χ4n) is 5.14. The number of alkyl halides is 9. The molecule has 0 bridgehead atoms. The van der Waals surface area contributed by atoms with E-state index in [1.54, 1.807) is 7.05 Å². The Morgan fingerprint density at radius 3 is 1.98 bits per heavy atom. The minimum atomic E-state index is -5.10. The number of unbranched alkanes of at least 4 members (excludes halogenated alkanes) is 2. The van der Waals surface area contributed by atoms with Gasteiger partial charge in [0, 0.05) is 25.6 Å². The molecule has 0 saturated carbocycles. The number of nitrogens with two attached hydrogens (primary N) is 1. The Morgan fingerprint density at radius 1 is 0.870 bits per heavy atom. The molecule has 1 aromatic heterocycles. The van der Waals surface area contributed by atoms with Crippen molar-refractivity contribution in [3.8, 4) is 0 Å². The first kappa shape index (κ1) is 36.6. The number of primary amides is 1. The topological polar surface area (TPSA) is 93.2 Å².